The Labute approximate surface area is 164 Å². The lowest BCUT2D eigenvalue weighted by atomic mass is 9.98. The molecule has 0 unspecified atom stereocenters. The predicted octanol–water partition coefficient (Wildman–Crippen LogP) is 3.60. The first-order chi connectivity index (χ1) is 13.5. The first-order valence-corrected chi connectivity index (χ1v) is 9.37. The Balaban J connectivity index is 1.61. The van der Waals surface area contributed by atoms with E-state index in [2.05, 4.69) is 17.0 Å². The minimum absolute atomic E-state index is 0.0307. The van der Waals surface area contributed by atoms with Crippen molar-refractivity contribution in [3.05, 3.63) is 65.2 Å². The molecule has 6 heteroatoms. The fourth-order valence-electron chi connectivity index (χ4n) is 3.17. The molecule has 0 saturated carbocycles. The maximum Gasteiger partial charge on any atom is 0.337 e. The summed E-state index contributed by atoms with van der Waals surface area (Å²) in [6.45, 7) is 3.79. The number of amides is 2. The highest BCUT2D eigenvalue weighted by molar-refractivity contribution is 6.05. The lowest BCUT2D eigenvalue weighted by molar-refractivity contribution is 0.0599. The van der Waals surface area contributed by atoms with E-state index < -0.39 is 5.97 Å². The smallest absolute Gasteiger partial charge is 0.337 e. The van der Waals surface area contributed by atoms with E-state index in [0.717, 1.165) is 25.9 Å². The van der Waals surface area contributed by atoms with Gasteiger partial charge in [0.15, 0.2) is 0 Å². The van der Waals surface area contributed by atoms with Crippen LogP contribution in [0, 0.1) is 5.92 Å². The fourth-order valence-corrected chi connectivity index (χ4v) is 3.17. The van der Waals surface area contributed by atoms with E-state index in [1.165, 1.54) is 7.11 Å². The van der Waals surface area contributed by atoms with E-state index in [4.69, 9.17) is 0 Å². The summed E-state index contributed by atoms with van der Waals surface area (Å²) in [5.74, 6) is -0.0395. The fraction of sp³-hybridized carbons (Fsp3) is 0.318. The average molecular weight is 380 g/mol. The number of likely N-dealkylation sites (tertiary alicyclic amines) is 1. The van der Waals surface area contributed by atoms with Crippen LogP contribution in [-0.2, 0) is 4.74 Å². The zero-order valence-corrected chi connectivity index (χ0v) is 16.1. The van der Waals surface area contributed by atoms with Crippen molar-refractivity contribution >= 4 is 23.5 Å². The average Bonchev–Trinajstić information content (AvgIpc) is 2.74. The number of piperidine rings is 1. The van der Waals surface area contributed by atoms with Gasteiger partial charge in [-0.3, -0.25) is 9.59 Å². The SMILES string of the molecule is COC(=O)c1ccc(C(=O)Nc2ccc(C(=O)N3CCC(C)CC3)cc2)cc1. The lowest BCUT2D eigenvalue weighted by Crippen LogP contribution is -2.37. The summed E-state index contributed by atoms with van der Waals surface area (Å²) in [6, 6.07) is 13.1. The summed E-state index contributed by atoms with van der Waals surface area (Å²) in [4.78, 5) is 38.3. The summed E-state index contributed by atoms with van der Waals surface area (Å²) in [6.07, 6.45) is 2.07. The highest BCUT2D eigenvalue weighted by atomic mass is 16.5. The van der Waals surface area contributed by atoms with Gasteiger partial charge in [0, 0.05) is 29.9 Å². The van der Waals surface area contributed by atoms with E-state index in [-0.39, 0.29) is 11.8 Å². The van der Waals surface area contributed by atoms with Crippen molar-refractivity contribution in [3.8, 4) is 0 Å². The third-order valence-electron chi connectivity index (χ3n) is 5.03. The molecule has 1 aliphatic heterocycles. The van der Waals surface area contributed by atoms with E-state index in [1.807, 2.05) is 4.90 Å². The van der Waals surface area contributed by atoms with Crippen LogP contribution in [0.3, 0.4) is 0 Å². The van der Waals surface area contributed by atoms with Gasteiger partial charge < -0.3 is 15.0 Å². The van der Waals surface area contributed by atoms with Crippen LogP contribution >= 0.6 is 0 Å². The van der Waals surface area contributed by atoms with Crippen molar-refractivity contribution in [2.75, 3.05) is 25.5 Å². The third-order valence-corrected chi connectivity index (χ3v) is 5.03. The number of anilines is 1. The van der Waals surface area contributed by atoms with Gasteiger partial charge >= 0.3 is 5.97 Å². The summed E-state index contributed by atoms with van der Waals surface area (Å²) in [5, 5.41) is 2.79. The number of hydrogen-bond donors (Lipinski definition) is 1. The van der Waals surface area contributed by atoms with E-state index in [9.17, 15) is 14.4 Å². The minimum atomic E-state index is -0.449. The standard InChI is InChI=1S/C22H24N2O4/c1-15-11-13-24(14-12-15)21(26)17-7-9-19(10-8-17)23-20(25)16-3-5-18(6-4-16)22(27)28-2/h3-10,15H,11-14H2,1-2H3,(H,23,25). The van der Waals surface area contributed by atoms with Crippen molar-refractivity contribution in [2.24, 2.45) is 5.92 Å². The molecule has 0 radical (unpaired) electrons. The molecule has 1 heterocycles. The summed E-state index contributed by atoms with van der Waals surface area (Å²) in [5.41, 5.74) is 2.03. The molecular weight excluding hydrogens is 356 g/mol. The molecule has 1 aliphatic rings. The predicted molar refractivity (Wildman–Crippen MR) is 106 cm³/mol. The Kier molecular flexibility index (Phi) is 6.09. The van der Waals surface area contributed by atoms with Gasteiger partial charge in [-0.25, -0.2) is 4.79 Å². The molecule has 0 aliphatic carbocycles. The molecule has 28 heavy (non-hydrogen) atoms. The Hall–Kier alpha value is -3.15. The van der Waals surface area contributed by atoms with Crippen LogP contribution in [0.1, 0.15) is 50.8 Å². The van der Waals surface area contributed by atoms with Gasteiger partial charge in [0.1, 0.15) is 0 Å². The Morgan fingerprint density at radius 1 is 0.893 bits per heavy atom. The number of rotatable bonds is 4. The van der Waals surface area contributed by atoms with E-state index in [1.54, 1.807) is 48.5 Å². The quantitative estimate of drug-likeness (QED) is 0.823. The second-order valence-corrected chi connectivity index (χ2v) is 7.08. The highest BCUT2D eigenvalue weighted by Gasteiger charge is 2.21. The second-order valence-electron chi connectivity index (χ2n) is 7.08. The van der Waals surface area contributed by atoms with Crippen LogP contribution in [-0.4, -0.2) is 42.9 Å². The zero-order chi connectivity index (χ0) is 20.1. The summed E-state index contributed by atoms with van der Waals surface area (Å²) in [7, 11) is 1.31. The molecule has 146 valence electrons. The highest BCUT2D eigenvalue weighted by Crippen LogP contribution is 2.19. The van der Waals surface area contributed by atoms with Crippen LogP contribution in [0.2, 0.25) is 0 Å². The van der Waals surface area contributed by atoms with Crippen LogP contribution < -0.4 is 5.32 Å². The molecule has 1 N–H and O–H groups in total. The van der Waals surface area contributed by atoms with Gasteiger partial charge in [-0.2, -0.15) is 0 Å². The molecule has 2 aromatic rings. The number of carbonyl (C=O) groups excluding carboxylic acids is 3. The maximum absolute atomic E-state index is 12.6. The number of ether oxygens (including phenoxy) is 1. The third kappa shape index (κ3) is 4.57. The van der Waals surface area contributed by atoms with Crippen LogP contribution in [0.25, 0.3) is 0 Å². The number of nitrogens with zero attached hydrogens (tertiary/aromatic N) is 1. The normalized spacial score (nSPS) is 14.4. The molecule has 0 atom stereocenters. The van der Waals surface area contributed by atoms with Gasteiger partial charge in [-0.05, 0) is 67.3 Å². The molecule has 2 amide bonds. The lowest BCUT2D eigenvalue weighted by Gasteiger charge is -2.30. The minimum Gasteiger partial charge on any atom is -0.465 e. The topological polar surface area (TPSA) is 75.7 Å². The number of nitrogens with one attached hydrogen (secondary N) is 1. The maximum atomic E-state index is 12.6. The Morgan fingerprint density at radius 2 is 1.43 bits per heavy atom. The van der Waals surface area contributed by atoms with Crippen LogP contribution in [0.5, 0.6) is 0 Å². The molecule has 0 aromatic heterocycles. The van der Waals surface area contributed by atoms with Crippen LogP contribution in [0.4, 0.5) is 5.69 Å². The van der Waals surface area contributed by atoms with Crippen molar-refractivity contribution in [1.82, 2.24) is 4.90 Å². The largest absolute Gasteiger partial charge is 0.465 e. The van der Waals surface area contributed by atoms with E-state index >= 15 is 0 Å². The van der Waals surface area contributed by atoms with Crippen molar-refractivity contribution in [1.29, 1.82) is 0 Å². The zero-order valence-electron chi connectivity index (χ0n) is 16.1. The molecule has 1 saturated heterocycles. The van der Waals surface area contributed by atoms with Gasteiger partial charge in [-0.1, -0.05) is 6.92 Å². The second kappa shape index (κ2) is 8.69. The van der Waals surface area contributed by atoms with Crippen LogP contribution in [0.15, 0.2) is 48.5 Å². The number of methoxy groups -OCH3 is 1. The molecule has 2 aromatic carbocycles. The number of hydrogen-bond acceptors (Lipinski definition) is 4. The van der Waals surface area contributed by atoms with Crippen molar-refractivity contribution < 1.29 is 19.1 Å². The first kappa shape index (κ1) is 19.6. The summed E-state index contributed by atoms with van der Waals surface area (Å²) < 4.78 is 4.64. The van der Waals surface area contributed by atoms with E-state index in [0.29, 0.717) is 28.3 Å². The molecule has 6 nitrogen and oxygen atoms in total. The Bertz CT molecular complexity index is 851. The van der Waals surface area contributed by atoms with Gasteiger partial charge in [0.25, 0.3) is 11.8 Å². The molecular formula is C22H24N2O4. The van der Waals surface area contributed by atoms with Crippen molar-refractivity contribution in [2.45, 2.75) is 19.8 Å². The number of carbonyl (C=O) groups is 3. The number of benzene rings is 2. The summed E-state index contributed by atoms with van der Waals surface area (Å²) >= 11 is 0. The Morgan fingerprint density at radius 3 is 2.00 bits per heavy atom. The van der Waals surface area contributed by atoms with Crippen molar-refractivity contribution in [3.63, 3.8) is 0 Å². The number of esters is 1. The molecule has 1 fully saturated rings. The molecule has 0 bridgehead atoms. The van der Waals surface area contributed by atoms with Gasteiger partial charge in [0.05, 0.1) is 12.7 Å². The first-order valence-electron chi connectivity index (χ1n) is 9.37. The molecule has 3 rings (SSSR count). The van der Waals surface area contributed by atoms with Gasteiger partial charge in [0.2, 0.25) is 0 Å². The monoisotopic (exact) mass is 380 g/mol. The van der Waals surface area contributed by atoms with Gasteiger partial charge in [-0.15, -0.1) is 0 Å². The molecule has 0 spiro atoms.